The average Bonchev–Trinajstić information content (AvgIpc) is 3.00. The van der Waals surface area contributed by atoms with Crippen molar-refractivity contribution in [3.63, 3.8) is 0 Å². The van der Waals surface area contributed by atoms with Gasteiger partial charge < -0.3 is 4.74 Å². The lowest BCUT2D eigenvalue weighted by Crippen LogP contribution is -2.50. The highest BCUT2D eigenvalue weighted by molar-refractivity contribution is 7.89. The Kier molecular flexibility index (Phi) is 4.41. The molecule has 0 radical (unpaired) electrons. The number of fused-ring (bicyclic) bond motifs is 1. The van der Waals surface area contributed by atoms with E-state index in [-0.39, 0.29) is 11.4 Å². The zero-order valence-electron chi connectivity index (χ0n) is 15.8. The minimum Gasteiger partial charge on any atom is -0.483 e. The molecule has 3 heterocycles. The van der Waals surface area contributed by atoms with Gasteiger partial charge in [0.25, 0.3) is 0 Å². The highest BCUT2D eigenvalue weighted by Crippen LogP contribution is 2.40. The SMILES string of the molecule is O=S1(=O)c2ccccc2O[C@@]2(CCN(C3CCC3)C2)CN1Cc1ccccn1. The van der Waals surface area contributed by atoms with Crippen molar-refractivity contribution in [3.05, 3.63) is 54.4 Å². The Morgan fingerprint density at radius 3 is 2.68 bits per heavy atom. The van der Waals surface area contributed by atoms with E-state index in [4.69, 9.17) is 4.74 Å². The first-order valence-corrected chi connectivity index (χ1v) is 11.4. The van der Waals surface area contributed by atoms with Crippen molar-refractivity contribution in [2.24, 2.45) is 0 Å². The Bertz CT molecular complexity index is 962. The smallest absolute Gasteiger partial charge is 0.247 e. The average molecular weight is 400 g/mol. The molecule has 0 bridgehead atoms. The molecule has 5 rings (SSSR count). The Morgan fingerprint density at radius 1 is 1.11 bits per heavy atom. The van der Waals surface area contributed by atoms with Gasteiger partial charge in [0, 0.05) is 31.7 Å². The van der Waals surface area contributed by atoms with Crippen LogP contribution in [0.5, 0.6) is 5.75 Å². The van der Waals surface area contributed by atoms with Crippen molar-refractivity contribution in [2.45, 2.75) is 48.8 Å². The number of benzene rings is 1. The summed E-state index contributed by atoms with van der Waals surface area (Å²) in [6.07, 6.45) is 6.31. The third kappa shape index (κ3) is 3.11. The first kappa shape index (κ1) is 18.1. The van der Waals surface area contributed by atoms with Gasteiger partial charge in [-0.2, -0.15) is 4.31 Å². The van der Waals surface area contributed by atoms with Gasteiger partial charge in [-0.15, -0.1) is 0 Å². The molecule has 3 aliphatic rings. The number of hydrogen-bond donors (Lipinski definition) is 0. The molecular formula is C21H25N3O3S. The number of sulfonamides is 1. The molecule has 1 spiro atoms. The van der Waals surface area contributed by atoms with Gasteiger partial charge in [0.05, 0.1) is 18.8 Å². The van der Waals surface area contributed by atoms with Gasteiger partial charge in [-0.05, 0) is 37.1 Å². The molecule has 2 aliphatic heterocycles. The second-order valence-electron chi connectivity index (χ2n) is 8.13. The number of pyridine rings is 1. The van der Waals surface area contributed by atoms with Crippen molar-refractivity contribution in [1.29, 1.82) is 0 Å². The molecule has 2 fully saturated rings. The summed E-state index contributed by atoms with van der Waals surface area (Å²) in [6, 6.07) is 13.3. The van der Waals surface area contributed by atoms with E-state index in [1.54, 1.807) is 28.7 Å². The van der Waals surface area contributed by atoms with E-state index in [1.165, 1.54) is 19.3 Å². The van der Waals surface area contributed by atoms with Crippen LogP contribution in [-0.4, -0.2) is 53.9 Å². The Morgan fingerprint density at radius 2 is 1.93 bits per heavy atom. The Balaban J connectivity index is 1.52. The van der Waals surface area contributed by atoms with Gasteiger partial charge in [0.2, 0.25) is 10.0 Å². The standard InChI is InChI=1S/C21H25N3O3S/c25-28(26)20-10-2-1-9-19(20)27-21(11-13-23(15-21)18-7-5-8-18)16-24(28)14-17-6-3-4-12-22-17/h1-4,6,9-10,12,18H,5,7-8,11,13-16H2/t21-/m1/s1. The van der Waals surface area contributed by atoms with Crippen LogP contribution in [0.3, 0.4) is 0 Å². The number of nitrogens with zero attached hydrogens (tertiary/aromatic N) is 3. The summed E-state index contributed by atoms with van der Waals surface area (Å²) in [7, 11) is -3.66. The van der Waals surface area contributed by atoms with E-state index in [0.29, 0.717) is 18.3 Å². The molecule has 6 nitrogen and oxygen atoms in total. The summed E-state index contributed by atoms with van der Waals surface area (Å²) in [6.45, 7) is 2.35. The van der Waals surface area contributed by atoms with Crippen LogP contribution in [0.2, 0.25) is 0 Å². The first-order chi connectivity index (χ1) is 13.6. The van der Waals surface area contributed by atoms with Crippen LogP contribution in [-0.2, 0) is 16.6 Å². The molecule has 1 atom stereocenters. The molecule has 2 aromatic rings. The number of likely N-dealkylation sites (tertiary alicyclic amines) is 1. The van der Waals surface area contributed by atoms with E-state index in [2.05, 4.69) is 9.88 Å². The van der Waals surface area contributed by atoms with Crippen LogP contribution in [0.25, 0.3) is 0 Å². The van der Waals surface area contributed by atoms with Crippen LogP contribution in [0.15, 0.2) is 53.6 Å². The van der Waals surface area contributed by atoms with Crippen molar-refractivity contribution < 1.29 is 13.2 Å². The molecule has 28 heavy (non-hydrogen) atoms. The van der Waals surface area contributed by atoms with Gasteiger partial charge in [-0.1, -0.05) is 24.6 Å². The lowest BCUT2D eigenvalue weighted by atomic mass is 9.91. The molecule has 1 aromatic carbocycles. The van der Waals surface area contributed by atoms with E-state index >= 15 is 0 Å². The molecule has 1 saturated carbocycles. The third-order valence-electron chi connectivity index (χ3n) is 6.26. The lowest BCUT2D eigenvalue weighted by Gasteiger charge is -2.37. The molecule has 1 saturated heterocycles. The van der Waals surface area contributed by atoms with E-state index in [0.717, 1.165) is 25.2 Å². The van der Waals surface area contributed by atoms with Gasteiger partial charge in [-0.25, -0.2) is 8.42 Å². The number of rotatable bonds is 3. The minimum absolute atomic E-state index is 0.255. The Hall–Kier alpha value is -1.96. The Labute approximate surface area is 166 Å². The van der Waals surface area contributed by atoms with Crippen molar-refractivity contribution in [3.8, 4) is 5.75 Å². The predicted molar refractivity (Wildman–Crippen MR) is 105 cm³/mol. The fraction of sp³-hybridized carbons (Fsp3) is 0.476. The molecule has 148 valence electrons. The summed E-state index contributed by atoms with van der Waals surface area (Å²) in [4.78, 5) is 7.09. The predicted octanol–water partition coefficient (Wildman–Crippen LogP) is 2.66. The monoisotopic (exact) mass is 399 g/mol. The maximum atomic E-state index is 13.5. The molecule has 0 N–H and O–H groups in total. The van der Waals surface area contributed by atoms with Crippen LogP contribution in [0.4, 0.5) is 0 Å². The van der Waals surface area contributed by atoms with Crippen LogP contribution < -0.4 is 4.74 Å². The normalized spacial score (nSPS) is 27.7. The van der Waals surface area contributed by atoms with Crippen LogP contribution >= 0.6 is 0 Å². The zero-order valence-corrected chi connectivity index (χ0v) is 16.6. The molecule has 0 amide bonds. The fourth-order valence-corrected chi connectivity index (χ4v) is 6.12. The first-order valence-electron chi connectivity index (χ1n) is 9.98. The van der Waals surface area contributed by atoms with Crippen molar-refractivity contribution in [1.82, 2.24) is 14.2 Å². The second kappa shape index (κ2) is 6.83. The van der Waals surface area contributed by atoms with Crippen LogP contribution in [0, 0.1) is 0 Å². The van der Waals surface area contributed by atoms with E-state index < -0.39 is 15.6 Å². The van der Waals surface area contributed by atoms with Crippen molar-refractivity contribution in [2.75, 3.05) is 19.6 Å². The topological polar surface area (TPSA) is 62.7 Å². The second-order valence-corrected chi connectivity index (χ2v) is 10.0. The third-order valence-corrected chi connectivity index (χ3v) is 8.09. The highest BCUT2D eigenvalue weighted by atomic mass is 32.2. The maximum Gasteiger partial charge on any atom is 0.247 e. The highest BCUT2D eigenvalue weighted by Gasteiger charge is 2.49. The summed E-state index contributed by atoms with van der Waals surface area (Å²) in [5.74, 6) is 0.474. The van der Waals surface area contributed by atoms with E-state index in [1.807, 2.05) is 24.3 Å². The summed E-state index contributed by atoms with van der Waals surface area (Å²) in [5, 5.41) is 0. The maximum absolute atomic E-state index is 13.5. The molecule has 7 heteroatoms. The summed E-state index contributed by atoms with van der Waals surface area (Å²) < 4.78 is 34.9. The number of aromatic nitrogens is 1. The van der Waals surface area contributed by atoms with Gasteiger partial charge in [0.15, 0.2) is 0 Å². The molecule has 0 unspecified atom stereocenters. The van der Waals surface area contributed by atoms with Gasteiger partial charge in [0.1, 0.15) is 16.2 Å². The lowest BCUT2D eigenvalue weighted by molar-refractivity contribution is 0.0444. The molecular weight excluding hydrogens is 374 g/mol. The van der Waals surface area contributed by atoms with Gasteiger partial charge >= 0.3 is 0 Å². The number of hydrogen-bond acceptors (Lipinski definition) is 5. The zero-order chi connectivity index (χ0) is 19.2. The number of para-hydroxylation sites is 1. The van der Waals surface area contributed by atoms with Gasteiger partial charge in [-0.3, -0.25) is 9.88 Å². The molecule has 1 aromatic heterocycles. The summed E-state index contributed by atoms with van der Waals surface area (Å²) >= 11 is 0. The fourth-order valence-electron chi connectivity index (χ4n) is 4.52. The number of ether oxygens (including phenoxy) is 1. The minimum atomic E-state index is -3.66. The van der Waals surface area contributed by atoms with E-state index in [9.17, 15) is 8.42 Å². The van der Waals surface area contributed by atoms with Crippen LogP contribution in [0.1, 0.15) is 31.4 Å². The largest absolute Gasteiger partial charge is 0.483 e. The van der Waals surface area contributed by atoms with Crippen molar-refractivity contribution >= 4 is 10.0 Å². The molecule has 1 aliphatic carbocycles. The summed E-state index contributed by atoms with van der Waals surface area (Å²) in [5.41, 5.74) is 0.235. The quantitative estimate of drug-likeness (QED) is 0.794.